The zero-order valence-electron chi connectivity index (χ0n) is 20.9. The summed E-state index contributed by atoms with van der Waals surface area (Å²) >= 11 is 0. The van der Waals surface area contributed by atoms with E-state index >= 15 is 4.39 Å². The molecule has 1 aliphatic rings. The Bertz CT molecular complexity index is 1800. The summed E-state index contributed by atoms with van der Waals surface area (Å²) in [4.78, 5) is 30.1. The van der Waals surface area contributed by atoms with Crippen molar-refractivity contribution in [1.29, 1.82) is 0 Å². The summed E-state index contributed by atoms with van der Waals surface area (Å²) in [6, 6.07) is 12.1. The minimum atomic E-state index is -0.708. The van der Waals surface area contributed by atoms with Crippen molar-refractivity contribution in [2.45, 2.75) is 24.8 Å². The summed E-state index contributed by atoms with van der Waals surface area (Å²) in [6.45, 7) is -0.0494. The fourth-order valence-electron chi connectivity index (χ4n) is 4.35. The number of nitrogens with zero attached hydrogens (tertiary/aromatic N) is 4. The minimum absolute atomic E-state index is 0.0494. The fourth-order valence-corrected chi connectivity index (χ4v) is 4.35. The zero-order chi connectivity index (χ0) is 27.9. The first-order valence-corrected chi connectivity index (χ1v) is 12.4. The van der Waals surface area contributed by atoms with E-state index in [9.17, 15) is 19.1 Å². The zero-order valence-corrected chi connectivity index (χ0v) is 20.9. The van der Waals surface area contributed by atoms with Gasteiger partial charge in [-0.2, -0.15) is 14.9 Å². The molecule has 0 saturated heterocycles. The molecular weight excluding hydrogens is 522 g/mol. The number of anilines is 1. The average molecular weight is 545 g/mol. The monoisotopic (exact) mass is 544 g/mol. The number of rotatable bonds is 9. The molecule has 3 heterocycles. The molecule has 6 rings (SSSR count). The Labute approximate surface area is 225 Å². The lowest BCUT2D eigenvalue weighted by molar-refractivity contribution is 0.0991. The number of carbonyl (C=O) groups is 1. The smallest absolute Gasteiger partial charge is 0.282 e. The van der Waals surface area contributed by atoms with Gasteiger partial charge in [-0.1, -0.05) is 6.07 Å². The highest BCUT2D eigenvalue weighted by molar-refractivity contribution is 5.97. The highest BCUT2D eigenvalue weighted by Gasteiger charge is 2.43. The van der Waals surface area contributed by atoms with Gasteiger partial charge in [-0.3, -0.25) is 14.7 Å². The van der Waals surface area contributed by atoms with Crippen molar-refractivity contribution in [2.75, 3.05) is 11.9 Å². The molecule has 5 aromatic rings. The van der Waals surface area contributed by atoms with Gasteiger partial charge in [0.1, 0.15) is 17.0 Å². The number of aromatic amines is 1. The third-order valence-electron chi connectivity index (χ3n) is 6.76. The van der Waals surface area contributed by atoms with Crippen LogP contribution < -0.4 is 15.6 Å². The summed E-state index contributed by atoms with van der Waals surface area (Å²) in [6.07, 6.45) is 4.15. The van der Waals surface area contributed by atoms with Gasteiger partial charge < -0.3 is 15.2 Å². The minimum Gasteiger partial charge on any atom is -0.453 e. The summed E-state index contributed by atoms with van der Waals surface area (Å²) in [5.41, 5.74) is -0.163. The lowest BCUT2D eigenvalue weighted by atomic mass is 10.0. The van der Waals surface area contributed by atoms with Gasteiger partial charge in [0.2, 0.25) is 0 Å². The highest BCUT2D eigenvalue weighted by atomic mass is 19.1. The van der Waals surface area contributed by atoms with Crippen LogP contribution in [0.25, 0.3) is 16.7 Å². The number of hydrogen-bond donors (Lipinski definition) is 3. The second-order valence-corrected chi connectivity index (χ2v) is 9.57. The predicted molar refractivity (Wildman–Crippen MR) is 141 cm³/mol. The highest BCUT2D eigenvalue weighted by Crippen LogP contribution is 2.41. The van der Waals surface area contributed by atoms with Gasteiger partial charge in [-0.25, -0.2) is 13.8 Å². The van der Waals surface area contributed by atoms with Crippen LogP contribution in [-0.2, 0) is 6.42 Å². The molecule has 40 heavy (non-hydrogen) atoms. The fraction of sp³-hybridized carbons (Fsp3) is 0.179. The molecular formula is C28H22F2N6O4. The van der Waals surface area contributed by atoms with Crippen LogP contribution in [0.3, 0.4) is 0 Å². The van der Waals surface area contributed by atoms with Gasteiger partial charge in [0, 0.05) is 24.9 Å². The van der Waals surface area contributed by atoms with Crippen molar-refractivity contribution in [3.8, 4) is 17.2 Å². The second kappa shape index (κ2) is 9.97. The van der Waals surface area contributed by atoms with E-state index in [1.807, 2.05) is 0 Å². The second-order valence-electron chi connectivity index (χ2n) is 9.57. The molecule has 202 valence electrons. The van der Waals surface area contributed by atoms with Crippen molar-refractivity contribution in [3.05, 3.63) is 100 Å². The Balaban J connectivity index is 1.22. The predicted octanol–water partition coefficient (Wildman–Crippen LogP) is 3.94. The van der Waals surface area contributed by atoms with Gasteiger partial charge in [0.15, 0.2) is 28.8 Å². The number of nitrogens with one attached hydrogen (secondary N) is 2. The number of fused-ring (bicyclic) bond motifs is 1. The number of aromatic nitrogens is 5. The molecule has 0 bridgehead atoms. The van der Waals surface area contributed by atoms with Crippen LogP contribution in [0.1, 0.15) is 28.8 Å². The summed E-state index contributed by atoms with van der Waals surface area (Å²) in [5, 5.41) is 24.4. The Kier molecular flexibility index (Phi) is 6.31. The van der Waals surface area contributed by atoms with E-state index in [1.54, 1.807) is 6.07 Å². The quantitative estimate of drug-likeness (QED) is 0.238. The Hall–Kier alpha value is -4.97. The molecule has 1 aliphatic carbocycles. The van der Waals surface area contributed by atoms with Gasteiger partial charge in [-0.05, 0) is 60.9 Å². The van der Waals surface area contributed by atoms with E-state index in [0.29, 0.717) is 33.9 Å². The number of carbonyl (C=O) groups excluding carboxylic acids is 1. The number of aliphatic hydroxyl groups is 1. The van der Waals surface area contributed by atoms with Crippen LogP contribution in [0, 0.1) is 11.6 Å². The standard InChI is InChI=1S/C28H22F2N6O4/c29-17-2-4-18(5-3-17)36-27(39)19(7-12-32-36)21(38)14-16-1-6-22(20(30)13-16)40-23-8-11-31-25-24(23)26(35-34-25)33-28(15-37)9-10-28/h1-8,11-13,37H,9-10,14-15H2,(H2,31,33,34,35). The SMILES string of the molecule is O=C(Cc1ccc(Oc2ccnc3[nH]nc(NC4(CO)CC4)c23)c(F)c1)c1ccnn(-c2ccc(F)cc2)c1=O. The first kappa shape index (κ1) is 25.3. The third kappa shape index (κ3) is 4.80. The molecule has 0 atom stereocenters. The first-order valence-electron chi connectivity index (χ1n) is 12.4. The molecule has 0 spiro atoms. The third-order valence-corrected chi connectivity index (χ3v) is 6.76. The maximum absolute atomic E-state index is 15.1. The number of halogens is 2. The van der Waals surface area contributed by atoms with Crippen molar-refractivity contribution >= 4 is 22.6 Å². The van der Waals surface area contributed by atoms with Gasteiger partial charge >= 0.3 is 0 Å². The van der Waals surface area contributed by atoms with Crippen LogP contribution >= 0.6 is 0 Å². The molecule has 3 N–H and O–H groups in total. The number of aliphatic hydroxyl groups excluding tert-OH is 1. The lowest BCUT2D eigenvalue weighted by Crippen LogP contribution is -2.27. The van der Waals surface area contributed by atoms with E-state index in [-0.39, 0.29) is 24.3 Å². The first-order chi connectivity index (χ1) is 19.4. The number of Topliss-reactive ketones (excluding diaryl/α,β-unsaturated/α-hetero) is 1. The maximum Gasteiger partial charge on any atom is 0.282 e. The van der Waals surface area contributed by atoms with Crippen molar-refractivity contribution < 1.29 is 23.4 Å². The number of H-pyrrole nitrogens is 1. The molecule has 0 aliphatic heterocycles. The van der Waals surface area contributed by atoms with E-state index in [4.69, 9.17) is 4.74 Å². The summed E-state index contributed by atoms with van der Waals surface area (Å²) < 4.78 is 35.3. The molecule has 1 saturated carbocycles. The summed E-state index contributed by atoms with van der Waals surface area (Å²) in [7, 11) is 0. The van der Waals surface area contributed by atoms with Gasteiger partial charge in [0.05, 0.1) is 23.4 Å². The number of ether oxygens (including phenoxy) is 1. The maximum atomic E-state index is 15.1. The molecule has 0 radical (unpaired) electrons. The van der Waals surface area contributed by atoms with Gasteiger partial charge in [0.25, 0.3) is 5.56 Å². The molecule has 0 amide bonds. The molecule has 0 unspecified atom stereocenters. The number of pyridine rings is 1. The van der Waals surface area contributed by atoms with Crippen LogP contribution in [0.15, 0.2) is 71.8 Å². The lowest BCUT2D eigenvalue weighted by Gasteiger charge is -2.15. The number of ketones is 1. The topological polar surface area (TPSA) is 135 Å². The van der Waals surface area contributed by atoms with E-state index in [0.717, 1.165) is 17.5 Å². The number of benzene rings is 2. The van der Waals surface area contributed by atoms with Crippen molar-refractivity contribution in [1.82, 2.24) is 25.0 Å². The number of hydrogen-bond acceptors (Lipinski definition) is 8. The molecule has 1 fully saturated rings. The summed E-state index contributed by atoms with van der Waals surface area (Å²) in [5.74, 6) is -1.05. The Morgan fingerprint density at radius 3 is 2.60 bits per heavy atom. The van der Waals surface area contributed by atoms with Crippen LogP contribution in [0.4, 0.5) is 14.6 Å². The van der Waals surface area contributed by atoms with E-state index < -0.39 is 28.5 Å². The van der Waals surface area contributed by atoms with Crippen molar-refractivity contribution in [2.24, 2.45) is 0 Å². The normalized spacial score (nSPS) is 13.8. The average Bonchev–Trinajstić information content (AvgIpc) is 3.61. The molecule has 3 aromatic heterocycles. The Morgan fingerprint density at radius 1 is 1.07 bits per heavy atom. The van der Waals surface area contributed by atoms with Gasteiger partial charge in [-0.15, -0.1) is 0 Å². The van der Waals surface area contributed by atoms with E-state index in [2.05, 4.69) is 25.6 Å². The Morgan fingerprint density at radius 2 is 1.88 bits per heavy atom. The van der Waals surface area contributed by atoms with E-state index in [1.165, 1.54) is 60.9 Å². The molecule has 12 heteroatoms. The largest absolute Gasteiger partial charge is 0.453 e. The van der Waals surface area contributed by atoms with Crippen LogP contribution in [0.5, 0.6) is 11.5 Å². The van der Waals surface area contributed by atoms with Crippen molar-refractivity contribution in [3.63, 3.8) is 0 Å². The van der Waals surface area contributed by atoms with Crippen LogP contribution in [0.2, 0.25) is 0 Å². The molecule has 2 aromatic carbocycles. The van der Waals surface area contributed by atoms with Crippen LogP contribution in [-0.4, -0.2) is 48.0 Å². The molecule has 10 nitrogen and oxygen atoms in total.